The highest BCUT2D eigenvalue weighted by molar-refractivity contribution is 5.86. The third-order valence-corrected chi connectivity index (χ3v) is 1.91. The number of hydrogen-bond acceptors (Lipinski definition) is 3. The second kappa shape index (κ2) is 5.72. The Morgan fingerprint density at radius 1 is 1.77 bits per heavy atom. The van der Waals surface area contributed by atoms with E-state index in [1.54, 1.807) is 0 Å². The molecule has 0 aromatic heterocycles. The molecule has 74 valence electrons. The number of hydrogen-bond donors (Lipinski definition) is 1. The van der Waals surface area contributed by atoms with Crippen LogP contribution in [0.4, 0.5) is 0 Å². The van der Waals surface area contributed by atoms with E-state index in [1.165, 1.54) is 6.08 Å². The normalized spacial score (nSPS) is 21.4. The minimum Gasteiger partial charge on any atom is -0.381 e. The lowest BCUT2D eigenvalue weighted by molar-refractivity contribution is -0.118. The summed E-state index contributed by atoms with van der Waals surface area (Å²) in [6.07, 6.45) is 2.28. The number of carbonyl (C=O) groups is 1. The van der Waals surface area contributed by atoms with E-state index in [1.807, 2.05) is 0 Å². The van der Waals surface area contributed by atoms with Crippen molar-refractivity contribution in [1.82, 2.24) is 5.32 Å². The van der Waals surface area contributed by atoms with Gasteiger partial charge < -0.3 is 14.8 Å². The summed E-state index contributed by atoms with van der Waals surface area (Å²) in [5.41, 5.74) is 0. The largest absolute Gasteiger partial charge is 0.381 e. The van der Waals surface area contributed by atoms with Crippen LogP contribution in [0.2, 0.25) is 0 Å². The van der Waals surface area contributed by atoms with Gasteiger partial charge in [0, 0.05) is 12.5 Å². The van der Waals surface area contributed by atoms with Crippen LogP contribution >= 0.6 is 0 Å². The molecule has 1 unspecified atom stereocenters. The molecule has 1 aliphatic heterocycles. The lowest BCUT2D eigenvalue weighted by Gasteiger charge is -2.08. The molecule has 1 saturated heterocycles. The summed E-state index contributed by atoms with van der Waals surface area (Å²) < 4.78 is 10.4. The molecular weight excluding hydrogens is 170 g/mol. The third kappa shape index (κ3) is 4.05. The minimum absolute atomic E-state index is 0.206. The molecule has 0 aromatic carbocycles. The van der Waals surface area contributed by atoms with E-state index in [4.69, 9.17) is 9.47 Å². The molecule has 1 rings (SSSR count). The smallest absolute Gasteiger partial charge is 0.245 e. The molecule has 0 saturated carbocycles. The fourth-order valence-corrected chi connectivity index (χ4v) is 1.13. The predicted octanol–water partition coefficient (Wildman–Crippen LogP) is 0.299. The van der Waals surface area contributed by atoms with Crippen LogP contribution in [0.25, 0.3) is 0 Å². The van der Waals surface area contributed by atoms with E-state index in [0.717, 1.165) is 19.6 Å². The summed E-state index contributed by atoms with van der Waals surface area (Å²) in [7, 11) is 0. The number of ether oxygens (including phenoxy) is 2. The van der Waals surface area contributed by atoms with E-state index in [-0.39, 0.29) is 12.6 Å². The Bertz CT molecular complexity index is 176. The van der Waals surface area contributed by atoms with Crippen LogP contribution in [0.5, 0.6) is 0 Å². The highest BCUT2D eigenvalue weighted by Gasteiger charge is 2.15. The maximum atomic E-state index is 10.7. The second-order valence-electron chi connectivity index (χ2n) is 2.99. The monoisotopic (exact) mass is 185 g/mol. The van der Waals surface area contributed by atoms with Crippen LogP contribution in [0.3, 0.4) is 0 Å². The zero-order valence-corrected chi connectivity index (χ0v) is 7.62. The molecule has 4 nitrogen and oxygen atoms in total. The molecule has 0 bridgehead atoms. The van der Waals surface area contributed by atoms with Crippen molar-refractivity contribution in [1.29, 1.82) is 0 Å². The number of nitrogens with one attached hydrogen (secondary N) is 1. The average molecular weight is 185 g/mol. The lowest BCUT2D eigenvalue weighted by Crippen LogP contribution is -2.25. The van der Waals surface area contributed by atoms with Crippen molar-refractivity contribution in [3.05, 3.63) is 12.7 Å². The van der Waals surface area contributed by atoms with Gasteiger partial charge in [-0.1, -0.05) is 6.58 Å². The van der Waals surface area contributed by atoms with Crippen LogP contribution in [-0.2, 0) is 14.3 Å². The van der Waals surface area contributed by atoms with Crippen molar-refractivity contribution in [2.45, 2.75) is 6.42 Å². The van der Waals surface area contributed by atoms with Crippen molar-refractivity contribution >= 4 is 5.91 Å². The van der Waals surface area contributed by atoms with Crippen molar-refractivity contribution < 1.29 is 14.3 Å². The zero-order valence-electron chi connectivity index (χ0n) is 7.62. The van der Waals surface area contributed by atoms with Gasteiger partial charge in [0.1, 0.15) is 6.73 Å². The van der Waals surface area contributed by atoms with Gasteiger partial charge in [-0.15, -0.1) is 0 Å². The van der Waals surface area contributed by atoms with Crippen LogP contribution in [-0.4, -0.2) is 32.5 Å². The van der Waals surface area contributed by atoms with Gasteiger partial charge in [-0.3, -0.25) is 4.79 Å². The van der Waals surface area contributed by atoms with E-state index in [2.05, 4.69) is 11.9 Å². The van der Waals surface area contributed by atoms with Crippen molar-refractivity contribution in [2.24, 2.45) is 5.92 Å². The molecule has 0 radical (unpaired) electrons. The van der Waals surface area contributed by atoms with Crippen LogP contribution in [0.1, 0.15) is 6.42 Å². The van der Waals surface area contributed by atoms with E-state index >= 15 is 0 Å². The Morgan fingerprint density at radius 3 is 3.23 bits per heavy atom. The molecule has 0 aliphatic carbocycles. The van der Waals surface area contributed by atoms with Crippen molar-refractivity contribution in [3.63, 3.8) is 0 Å². The molecule has 1 amide bonds. The van der Waals surface area contributed by atoms with Gasteiger partial charge in [0.05, 0.1) is 13.2 Å². The quantitative estimate of drug-likeness (QED) is 0.380. The van der Waals surface area contributed by atoms with Gasteiger partial charge in [0.2, 0.25) is 5.91 Å². The molecule has 1 fully saturated rings. The van der Waals surface area contributed by atoms with Gasteiger partial charge in [0.15, 0.2) is 0 Å². The predicted molar refractivity (Wildman–Crippen MR) is 48.1 cm³/mol. The Morgan fingerprint density at radius 2 is 2.62 bits per heavy atom. The van der Waals surface area contributed by atoms with Gasteiger partial charge in [-0.25, -0.2) is 0 Å². The Balaban J connectivity index is 1.94. The summed E-state index contributed by atoms with van der Waals surface area (Å²) in [4.78, 5) is 10.7. The summed E-state index contributed by atoms with van der Waals surface area (Å²) >= 11 is 0. The maximum Gasteiger partial charge on any atom is 0.245 e. The van der Waals surface area contributed by atoms with Crippen LogP contribution < -0.4 is 5.32 Å². The van der Waals surface area contributed by atoms with Gasteiger partial charge >= 0.3 is 0 Å². The average Bonchev–Trinajstić information content (AvgIpc) is 2.64. The van der Waals surface area contributed by atoms with Crippen molar-refractivity contribution in [2.75, 3.05) is 26.6 Å². The first-order valence-electron chi connectivity index (χ1n) is 4.38. The zero-order chi connectivity index (χ0) is 9.52. The molecule has 1 heterocycles. The van der Waals surface area contributed by atoms with Crippen molar-refractivity contribution in [3.8, 4) is 0 Å². The molecule has 1 aliphatic rings. The van der Waals surface area contributed by atoms with Gasteiger partial charge in [-0.05, 0) is 12.5 Å². The Hall–Kier alpha value is -0.870. The Labute approximate surface area is 77.9 Å². The number of amides is 1. The molecule has 4 heteroatoms. The summed E-state index contributed by atoms with van der Waals surface area (Å²) in [5.74, 6) is 0.281. The molecule has 0 aromatic rings. The Kier molecular flexibility index (Phi) is 4.49. The summed E-state index contributed by atoms with van der Waals surface area (Å²) in [6.45, 7) is 5.83. The molecule has 13 heavy (non-hydrogen) atoms. The summed E-state index contributed by atoms with van der Waals surface area (Å²) in [5, 5.41) is 2.54. The first-order chi connectivity index (χ1) is 6.33. The SMILES string of the molecule is C=CC(=O)NCOCC1CCOC1. The highest BCUT2D eigenvalue weighted by Crippen LogP contribution is 2.11. The molecular formula is C9H15NO3. The molecule has 1 atom stereocenters. The molecule has 0 spiro atoms. The first-order valence-corrected chi connectivity index (χ1v) is 4.38. The second-order valence-corrected chi connectivity index (χ2v) is 2.99. The maximum absolute atomic E-state index is 10.7. The standard InChI is InChI=1S/C9H15NO3/c1-2-9(11)10-7-13-6-8-3-4-12-5-8/h2,8H,1,3-7H2,(H,10,11). The highest BCUT2D eigenvalue weighted by atomic mass is 16.5. The van der Waals surface area contributed by atoms with Gasteiger partial charge in [-0.2, -0.15) is 0 Å². The first kappa shape index (κ1) is 10.2. The topological polar surface area (TPSA) is 47.6 Å². The minimum atomic E-state index is -0.206. The lowest BCUT2D eigenvalue weighted by atomic mass is 10.1. The number of rotatable bonds is 5. The van der Waals surface area contributed by atoms with Crippen LogP contribution in [0, 0.1) is 5.92 Å². The molecule has 1 N–H and O–H groups in total. The number of carbonyl (C=O) groups excluding carboxylic acids is 1. The van der Waals surface area contributed by atoms with E-state index in [0.29, 0.717) is 12.5 Å². The van der Waals surface area contributed by atoms with Gasteiger partial charge in [0.25, 0.3) is 0 Å². The third-order valence-electron chi connectivity index (χ3n) is 1.91. The van der Waals surface area contributed by atoms with Crippen LogP contribution in [0.15, 0.2) is 12.7 Å². The fraction of sp³-hybridized carbons (Fsp3) is 0.667. The van der Waals surface area contributed by atoms with E-state index < -0.39 is 0 Å². The fourth-order valence-electron chi connectivity index (χ4n) is 1.13. The van der Waals surface area contributed by atoms with E-state index in [9.17, 15) is 4.79 Å². The summed E-state index contributed by atoms with van der Waals surface area (Å²) in [6, 6.07) is 0.